The molecule has 0 spiro atoms. The van der Waals surface area contributed by atoms with Crippen LogP contribution in [0.15, 0.2) is 24.3 Å². The Morgan fingerprint density at radius 1 is 1.00 bits per heavy atom. The maximum Gasteiger partial charge on any atom is 0.134 e. The number of aryl methyl sites for hydroxylation is 2. The molecular weight excluding hydrogens is 190 g/mol. The van der Waals surface area contributed by atoms with Gasteiger partial charge < -0.3 is 4.74 Å². The fourth-order valence-electron chi connectivity index (χ4n) is 1.57. The van der Waals surface area contributed by atoms with E-state index in [9.17, 15) is 0 Å². The van der Waals surface area contributed by atoms with Crippen LogP contribution in [0.25, 0.3) is 5.69 Å². The topological polar surface area (TPSA) is 39.9 Å². The van der Waals surface area contributed by atoms with Gasteiger partial charge in [0.2, 0.25) is 0 Å². The fraction of sp³-hybridized carbons (Fsp3) is 0.273. The molecule has 4 heteroatoms. The molecule has 1 aromatic heterocycles. The lowest BCUT2D eigenvalue weighted by Gasteiger charge is -2.06. The molecule has 2 rings (SSSR count). The monoisotopic (exact) mass is 203 g/mol. The predicted molar refractivity (Wildman–Crippen MR) is 57.4 cm³/mol. The molecular formula is C11H13N3O. The molecule has 4 nitrogen and oxygen atoms in total. The molecule has 1 aromatic carbocycles. The molecule has 0 atom stereocenters. The van der Waals surface area contributed by atoms with Crippen LogP contribution in [0.3, 0.4) is 0 Å². The number of methoxy groups -OCH3 is 1. The van der Waals surface area contributed by atoms with Crippen LogP contribution in [0.5, 0.6) is 5.75 Å². The SMILES string of the molecule is COc1ccc(-n2c(C)nnc2C)cc1. The number of rotatable bonds is 2. The second kappa shape index (κ2) is 3.73. The summed E-state index contributed by atoms with van der Waals surface area (Å²) in [5.41, 5.74) is 1.05. The average Bonchev–Trinajstić information content (AvgIpc) is 2.59. The number of nitrogens with zero attached hydrogens (tertiary/aromatic N) is 3. The number of aromatic nitrogens is 3. The summed E-state index contributed by atoms with van der Waals surface area (Å²) in [5.74, 6) is 2.62. The van der Waals surface area contributed by atoms with E-state index >= 15 is 0 Å². The van der Waals surface area contributed by atoms with Crippen molar-refractivity contribution in [2.45, 2.75) is 13.8 Å². The zero-order valence-corrected chi connectivity index (χ0v) is 9.06. The first kappa shape index (κ1) is 9.71. The first-order chi connectivity index (χ1) is 7.22. The largest absolute Gasteiger partial charge is 0.497 e. The van der Waals surface area contributed by atoms with Gasteiger partial charge in [-0.15, -0.1) is 10.2 Å². The Hall–Kier alpha value is -1.84. The van der Waals surface area contributed by atoms with E-state index < -0.39 is 0 Å². The van der Waals surface area contributed by atoms with E-state index in [2.05, 4.69) is 10.2 Å². The lowest BCUT2D eigenvalue weighted by molar-refractivity contribution is 0.414. The summed E-state index contributed by atoms with van der Waals surface area (Å²) in [5, 5.41) is 8.03. The Labute approximate surface area is 88.5 Å². The van der Waals surface area contributed by atoms with Crippen molar-refractivity contribution in [1.82, 2.24) is 14.8 Å². The van der Waals surface area contributed by atoms with Gasteiger partial charge in [0.15, 0.2) is 0 Å². The van der Waals surface area contributed by atoms with Gasteiger partial charge in [-0.3, -0.25) is 4.57 Å². The molecule has 0 saturated carbocycles. The van der Waals surface area contributed by atoms with E-state index in [1.807, 2.05) is 42.7 Å². The zero-order valence-electron chi connectivity index (χ0n) is 9.06. The molecule has 0 aliphatic carbocycles. The van der Waals surface area contributed by atoms with Crippen molar-refractivity contribution in [3.05, 3.63) is 35.9 Å². The summed E-state index contributed by atoms with van der Waals surface area (Å²) in [6.07, 6.45) is 0. The lowest BCUT2D eigenvalue weighted by atomic mass is 10.3. The standard InChI is InChI=1S/C11H13N3O/c1-8-12-13-9(2)14(8)10-4-6-11(15-3)7-5-10/h4-7H,1-3H3. The predicted octanol–water partition coefficient (Wildman–Crippen LogP) is 1.89. The molecule has 0 N–H and O–H groups in total. The minimum Gasteiger partial charge on any atom is -0.497 e. The van der Waals surface area contributed by atoms with Gasteiger partial charge in [0.1, 0.15) is 17.4 Å². The minimum absolute atomic E-state index is 0.849. The van der Waals surface area contributed by atoms with Crippen LogP contribution < -0.4 is 4.74 Å². The zero-order chi connectivity index (χ0) is 10.8. The van der Waals surface area contributed by atoms with Crippen LogP contribution in [0.1, 0.15) is 11.6 Å². The van der Waals surface area contributed by atoms with Gasteiger partial charge in [0, 0.05) is 5.69 Å². The fourth-order valence-corrected chi connectivity index (χ4v) is 1.57. The Balaban J connectivity index is 2.45. The van der Waals surface area contributed by atoms with Crippen molar-refractivity contribution in [3.8, 4) is 11.4 Å². The molecule has 0 saturated heterocycles. The molecule has 0 amide bonds. The maximum atomic E-state index is 5.11. The molecule has 0 radical (unpaired) electrons. The van der Waals surface area contributed by atoms with E-state index in [4.69, 9.17) is 4.74 Å². The van der Waals surface area contributed by atoms with Gasteiger partial charge in [-0.05, 0) is 38.1 Å². The van der Waals surface area contributed by atoms with Crippen LogP contribution in [-0.2, 0) is 0 Å². The van der Waals surface area contributed by atoms with Crippen molar-refractivity contribution in [3.63, 3.8) is 0 Å². The molecule has 15 heavy (non-hydrogen) atoms. The number of benzene rings is 1. The Kier molecular flexibility index (Phi) is 2.41. The Morgan fingerprint density at radius 2 is 1.53 bits per heavy atom. The van der Waals surface area contributed by atoms with E-state index in [1.165, 1.54) is 0 Å². The molecule has 78 valence electrons. The number of hydrogen-bond acceptors (Lipinski definition) is 3. The Bertz CT molecular complexity index is 440. The molecule has 2 aromatic rings. The smallest absolute Gasteiger partial charge is 0.134 e. The Morgan fingerprint density at radius 3 is 2.00 bits per heavy atom. The van der Waals surface area contributed by atoms with E-state index in [0.717, 1.165) is 23.1 Å². The molecule has 0 bridgehead atoms. The van der Waals surface area contributed by atoms with E-state index in [-0.39, 0.29) is 0 Å². The molecule has 0 aliphatic rings. The summed E-state index contributed by atoms with van der Waals surface area (Å²) in [6, 6.07) is 7.83. The third kappa shape index (κ3) is 1.70. The first-order valence-corrected chi connectivity index (χ1v) is 4.75. The molecule has 0 aliphatic heterocycles. The normalized spacial score (nSPS) is 10.3. The summed E-state index contributed by atoms with van der Waals surface area (Å²) < 4.78 is 7.11. The highest BCUT2D eigenvalue weighted by atomic mass is 16.5. The van der Waals surface area contributed by atoms with Gasteiger partial charge >= 0.3 is 0 Å². The third-order valence-electron chi connectivity index (χ3n) is 2.32. The van der Waals surface area contributed by atoms with E-state index in [1.54, 1.807) is 7.11 Å². The van der Waals surface area contributed by atoms with Gasteiger partial charge in [-0.1, -0.05) is 0 Å². The second-order valence-corrected chi connectivity index (χ2v) is 3.33. The highest BCUT2D eigenvalue weighted by Crippen LogP contribution is 2.16. The van der Waals surface area contributed by atoms with E-state index in [0.29, 0.717) is 0 Å². The molecule has 0 fully saturated rings. The van der Waals surface area contributed by atoms with Gasteiger partial charge in [0.05, 0.1) is 7.11 Å². The summed E-state index contributed by atoms with van der Waals surface area (Å²) >= 11 is 0. The molecule has 0 unspecified atom stereocenters. The van der Waals surface area contributed by atoms with Crippen LogP contribution in [0.2, 0.25) is 0 Å². The van der Waals surface area contributed by atoms with Crippen LogP contribution in [0, 0.1) is 13.8 Å². The van der Waals surface area contributed by atoms with Gasteiger partial charge in [-0.25, -0.2) is 0 Å². The quantitative estimate of drug-likeness (QED) is 0.748. The summed E-state index contributed by atoms with van der Waals surface area (Å²) in [6.45, 7) is 3.87. The van der Waals surface area contributed by atoms with Crippen molar-refractivity contribution in [2.24, 2.45) is 0 Å². The van der Waals surface area contributed by atoms with Crippen LogP contribution in [-0.4, -0.2) is 21.9 Å². The first-order valence-electron chi connectivity index (χ1n) is 4.75. The minimum atomic E-state index is 0.849. The highest BCUT2D eigenvalue weighted by molar-refractivity contribution is 5.38. The van der Waals surface area contributed by atoms with Crippen molar-refractivity contribution in [2.75, 3.05) is 7.11 Å². The summed E-state index contributed by atoms with van der Waals surface area (Å²) in [4.78, 5) is 0. The molecule has 1 heterocycles. The second-order valence-electron chi connectivity index (χ2n) is 3.33. The van der Waals surface area contributed by atoms with Gasteiger partial charge in [0.25, 0.3) is 0 Å². The number of ether oxygens (including phenoxy) is 1. The number of hydrogen-bond donors (Lipinski definition) is 0. The average molecular weight is 203 g/mol. The van der Waals surface area contributed by atoms with Crippen LogP contribution in [0.4, 0.5) is 0 Å². The van der Waals surface area contributed by atoms with Crippen molar-refractivity contribution >= 4 is 0 Å². The maximum absolute atomic E-state index is 5.11. The highest BCUT2D eigenvalue weighted by Gasteiger charge is 2.06. The van der Waals surface area contributed by atoms with Crippen LogP contribution >= 0.6 is 0 Å². The van der Waals surface area contributed by atoms with Gasteiger partial charge in [-0.2, -0.15) is 0 Å². The van der Waals surface area contributed by atoms with Crippen molar-refractivity contribution in [1.29, 1.82) is 0 Å². The third-order valence-corrected chi connectivity index (χ3v) is 2.32. The lowest BCUT2D eigenvalue weighted by Crippen LogP contribution is -1.99. The summed E-state index contributed by atoms with van der Waals surface area (Å²) in [7, 11) is 1.66. The van der Waals surface area contributed by atoms with Crippen molar-refractivity contribution < 1.29 is 4.74 Å².